The fourth-order valence-corrected chi connectivity index (χ4v) is 2.63. The van der Waals surface area contributed by atoms with Gasteiger partial charge in [-0.15, -0.1) is 0 Å². The highest BCUT2D eigenvalue weighted by Gasteiger charge is 2.14. The maximum Gasteiger partial charge on any atom is 0.123 e. The van der Waals surface area contributed by atoms with E-state index in [1.165, 1.54) is 6.07 Å². The topological polar surface area (TPSA) is 38.0 Å². The molecule has 2 nitrogen and oxygen atoms in total. The van der Waals surface area contributed by atoms with Gasteiger partial charge in [0.15, 0.2) is 0 Å². The second-order valence-electron chi connectivity index (χ2n) is 4.27. The Labute approximate surface area is 107 Å². The van der Waals surface area contributed by atoms with Gasteiger partial charge in [-0.2, -0.15) is 11.8 Å². The van der Waals surface area contributed by atoms with Crippen molar-refractivity contribution < 1.29 is 4.39 Å². The minimum atomic E-state index is -0.209. The molecule has 0 amide bonds. The number of hydrazine groups is 1. The molecule has 1 rings (SSSR count). The van der Waals surface area contributed by atoms with Crippen molar-refractivity contribution in [3.63, 3.8) is 0 Å². The lowest BCUT2D eigenvalue weighted by atomic mass is 10.0. The zero-order chi connectivity index (χ0) is 12.8. The van der Waals surface area contributed by atoms with Crippen LogP contribution in [0.3, 0.4) is 0 Å². The number of hydrogen-bond donors (Lipinski definition) is 2. The first-order chi connectivity index (χ1) is 8.08. The van der Waals surface area contributed by atoms with Crippen LogP contribution in [-0.2, 0) is 0 Å². The Morgan fingerprint density at radius 1 is 1.47 bits per heavy atom. The molecule has 0 radical (unpaired) electrons. The highest BCUT2D eigenvalue weighted by molar-refractivity contribution is 7.99. The molecular formula is C13H21FN2S. The number of halogens is 1. The Morgan fingerprint density at radius 2 is 2.18 bits per heavy atom. The summed E-state index contributed by atoms with van der Waals surface area (Å²) in [6.45, 7) is 6.33. The summed E-state index contributed by atoms with van der Waals surface area (Å²) in [5.41, 5.74) is 4.79. The van der Waals surface area contributed by atoms with E-state index in [1.807, 2.05) is 18.7 Å². The Hall–Kier alpha value is -0.580. The highest BCUT2D eigenvalue weighted by atomic mass is 32.2. The summed E-state index contributed by atoms with van der Waals surface area (Å²) in [6, 6.07) is 4.85. The van der Waals surface area contributed by atoms with Gasteiger partial charge in [-0.25, -0.2) is 4.39 Å². The average Bonchev–Trinajstić information content (AvgIpc) is 2.33. The standard InChI is InChI=1S/C13H21FN2S/c1-4-10(3)17-8-13(16-15)12-7-11(14)6-5-9(12)2/h5-7,10,13,16H,4,8,15H2,1-3H3. The van der Waals surface area contributed by atoms with Gasteiger partial charge in [0.25, 0.3) is 0 Å². The predicted octanol–water partition coefficient (Wildman–Crippen LogP) is 3.17. The highest BCUT2D eigenvalue weighted by Crippen LogP contribution is 2.25. The van der Waals surface area contributed by atoms with Crippen molar-refractivity contribution >= 4 is 11.8 Å². The van der Waals surface area contributed by atoms with E-state index in [0.29, 0.717) is 5.25 Å². The van der Waals surface area contributed by atoms with Gasteiger partial charge in [-0.1, -0.05) is 19.9 Å². The van der Waals surface area contributed by atoms with Gasteiger partial charge in [0, 0.05) is 11.0 Å². The van der Waals surface area contributed by atoms with Crippen LogP contribution >= 0.6 is 11.8 Å². The van der Waals surface area contributed by atoms with Gasteiger partial charge in [-0.3, -0.25) is 11.3 Å². The lowest BCUT2D eigenvalue weighted by Gasteiger charge is -2.20. The first-order valence-electron chi connectivity index (χ1n) is 5.92. The minimum absolute atomic E-state index is 0.00435. The molecule has 0 aliphatic carbocycles. The Bertz CT molecular complexity index is 357. The van der Waals surface area contributed by atoms with E-state index in [9.17, 15) is 4.39 Å². The predicted molar refractivity (Wildman–Crippen MR) is 73.4 cm³/mol. The number of thioether (sulfide) groups is 1. The average molecular weight is 256 g/mol. The third-order valence-electron chi connectivity index (χ3n) is 2.94. The van der Waals surface area contributed by atoms with Gasteiger partial charge in [0.05, 0.1) is 6.04 Å². The van der Waals surface area contributed by atoms with Gasteiger partial charge < -0.3 is 0 Å². The molecule has 96 valence electrons. The molecule has 2 unspecified atom stereocenters. The summed E-state index contributed by atoms with van der Waals surface area (Å²) in [4.78, 5) is 0. The van der Waals surface area contributed by atoms with E-state index >= 15 is 0 Å². The van der Waals surface area contributed by atoms with Crippen molar-refractivity contribution in [3.8, 4) is 0 Å². The number of hydrogen-bond acceptors (Lipinski definition) is 3. The van der Waals surface area contributed by atoms with Gasteiger partial charge in [0.1, 0.15) is 5.82 Å². The largest absolute Gasteiger partial charge is 0.271 e. The van der Waals surface area contributed by atoms with Crippen molar-refractivity contribution in [2.24, 2.45) is 5.84 Å². The molecule has 4 heteroatoms. The summed E-state index contributed by atoms with van der Waals surface area (Å²) in [6.07, 6.45) is 1.13. The Kier molecular flexibility index (Phi) is 5.95. The summed E-state index contributed by atoms with van der Waals surface area (Å²) in [5.74, 6) is 6.21. The van der Waals surface area contributed by atoms with E-state index in [0.717, 1.165) is 23.3 Å². The maximum absolute atomic E-state index is 13.2. The molecule has 1 aromatic rings. The third-order valence-corrected chi connectivity index (χ3v) is 4.37. The fraction of sp³-hybridized carbons (Fsp3) is 0.538. The van der Waals surface area contributed by atoms with Crippen LogP contribution in [0.4, 0.5) is 4.39 Å². The van der Waals surface area contributed by atoms with Gasteiger partial charge in [0.2, 0.25) is 0 Å². The van der Waals surface area contributed by atoms with Crippen LogP contribution in [0.25, 0.3) is 0 Å². The van der Waals surface area contributed by atoms with Crippen molar-refractivity contribution in [1.82, 2.24) is 5.43 Å². The van der Waals surface area contributed by atoms with E-state index in [1.54, 1.807) is 12.1 Å². The normalized spacial score (nSPS) is 14.6. The van der Waals surface area contributed by atoms with Crippen LogP contribution in [-0.4, -0.2) is 11.0 Å². The van der Waals surface area contributed by atoms with E-state index in [4.69, 9.17) is 5.84 Å². The SMILES string of the molecule is CCC(C)SCC(NN)c1cc(F)ccc1C. The van der Waals surface area contributed by atoms with Crippen molar-refractivity contribution in [3.05, 3.63) is 35.1 Å². The first kappa shape index (κ1) is 14.5. The lowest BCUT2D eigenvalue weighted by Crippen LogP contribution is -2.30. The zero-order valence-corrected chi connectivity index (χ0v) is 11.5. The molecule has 17 heavy (non-hydrogen) atoms. The molecular weight excluding hydrogens is 235 g/mol. The number of benzene rings is 1. The van der Waals surface area contributed by atoms with Crippen LogP contribution in [0.15, 0.2) is 18.2 Å². The molecule has 0 bridgehead atoms. The van der Waals surface area contributed by atoms with Crippen LogP contribution < -0.4 is 11.3 Å². The van der Waals surface area contributed by atoms with Crippen molar-refractivity contribution in [1.29, 1.82) is 0 Å². The van der Waals surface area contributed by atoms with Crippen LogP contribution in [0.5, 0.6) is 0 Å². The van der Waals surface area contributed by atoms with Crippen LogP contribution in [0.1, 0.15) is 37.4 Å². The third kappa shape index (κ3) is 4.30. The molecule has 1 aromatic carbocycles. The maximum atomic E-state index is 13.2. The molecule has 0 fully saturated rings. The molecule has 0 heterocycles. The quantitative estimate of drug-likeness (QED) is 0.606. The molecule has 0 saturated heterocycles. The number of nitrogens with one attached hydrogen (secondary N) is 1. The van der Waals surface area contributed by atoms with Crippen molar-refractivity contribution in [2.75, 3.05) is 5.75 Å². The number of aryl methyl sites for hydroxylation is 1. The number of nitrogens with two attached hydrogens (primary N) is 1. The van der Waals surface area contributed by atoms with E-state index in [-0.39, 0.29) is 11.9 Å². The summed E-state index contributed by atoms with van der Waals surface area (Å²) in [7, 11) is 0. The second-order valence-corrected chi connectivity index (χ2v) is 5.74. The smallest absolute Gasteiger partial charge is 0.123 e. The zero-order valence-electron chi connectivity index (χ0n) is 10.7. The fourth-order valence-electron chi connectivity index (χ4n) is 1.59. The van der Waals surface area contributed by atoms with E-state index < -0.39 is 0 Å². The molecule has 0 aliphatic heterocycles. The van der Waals surface area contributed by atoms with Crippen LogP contribution in [0.2, 0.25) is 0 Å². The van der Waals surface area contributed by atoms with E-state index in [2.05, 4.69) is 19.3 Å². The Morgan fingerprint density at radius 3 is 2.76 bits per heavy atom. The molecule has 0 spiro atoms. The van der Waals surface area contributed by atoms with Gasteiger partial charge in [-0.05, 0) is 36.6 Å². The Balaban J connectivity index is 2.75. The van der Waals surface area contributed by atoms with Gasteiger partial charge >= 0.3 is 0 Å². The number of rotatable bonds is 6. The summed E-state index contributed by atoms with van der Waals surface area (Å²) >= 11 is 1.85. The monoisotopic (exact) mass is 256 g/mol. The first-order valence-corrected chi connectivity index (χ1v) is 6.97. The molecule has 0 aromatic heterocycles. The van der Waals surface area contributed by atoms with Crippen LogP contribution in [0, 0.1) is 12.7 Å². The second kappa shape index (κ2) is 6.99. The molecule has 3 N–H and O–H groups in total. The lowest BCUT2D eigenvalue weighted by molar-refractivity contribution is 0.587. The minimum Gasteiger partial charge on any atom is -0.271 e. The summed E-state index contributed by atoms with van der Waals surface area (Å²) in [5, 5.41) is 0.597. The molecule has 0 saturated carbocycles. The summed E-state index contributed by atoms with van der Waals surface area (Å²) < 4.78 is 13.2. The van der Waals surface area contributed by atoms with Crippen molar-refractivity contribution in [2.45, 2.75) is 38.5 Å². The molecule has 2 atom stereocenters. The molecule has 0 aliphatic rings.